The molecule has 8 nitrogen and oxygen atoms in total. The van der Waals surface area contributed by atoms with Crippen molar-refractivity contribution in [1.82, 2.24) is 14.5 Å². The van der Waals surface area contributed by atoms with Gasteiger partial charge in [0.25, 0.3) is 5.91 Å². The van der Waals surface area contributed by atoms with Gasteiger partial charge in [0.1, 0.15) is 10.5 Å². The molecule has 3 rings (SSSR count). The van der Waals surface area contributed by atoms with Crippen molar-refractivity contribution in [2.24, 2.45) is 5.73 Å². The smallest absolute Gasteiger partial charge is 0.250 e. The van der Waals surface area contributed by atoms with Crippen molar-refractivity contribution in [3.05, 3.63) is 29.5 Å². The van der Waals surface area contributed by atoms with Gasteiger partial charge in [0.05, 0.1) is 16.8 Å². The van der Waals surface area contributed by atoms with Gasteiger partial charge in [-0.15, -0.1) is 0 Å². The summed E-state index contributed by atoms with van der Waals surface area (Å²) >= 11 is 1.27. The van der Waals surface area contributed by atoms with Gasteiger partial charge in [-0.2, -0.15) is 0 Å². The number of hydrogen-bond donors (Lipinski definition) is 3. The first-order valence-corrected chi connectivity index (χ1v) is 7.52. The number of benzene rings is 1. The zero-order valence-electron chi connectivity index (χ0n) is 12.5. The van der Waals surface area contributed by atoms with Crippen LogP contribution in [0, 0.1) is 6.92 Å². The summed E-state index contributed by atoms with van der Waals surface area (Å²) in [6.45, 7) is 3.22. The van der Waals surface area contributed by atoms with E-state index in [-0.39, 0.29) is 11.9 Å². The van der Waals surface area contributed by atoms with Gasteiger partial charge in [0.2, 0.25) is 11.9 Å². The minimum atomic E-state index is -0.569. The van der Waals surface area contributed by atoms with Crippen LogP contribution in [-0.4, -0.2) is 26.3 Å². The number of carbonyl (C=O) groups is 2. The van der Waals surface area contributed by atoms with Crippen LogP contribution in [0.4, 0.5) is 11.1 Å². The molecule has 0 spiro atoms. The Hall–Kier alpha value is -2.94. The quantitative estimate of drug-likeness (QED) is 0.669. The molecule has 0 aliphatic rings. The molecular weight excluding hydrogens is 316 g/mol. The Morgan fingerprint density at radius 2 is 2.04 bits per heavy atom. The third-order valence-electron chi connectivity index (χ3n) is 3.23. The van der Waals surface area contributed by atoms with Crippen LogP contribution in [0.2, 0.25) is 0 Å². The van der Waals surface area contributed by atoms with E-state index in [4.69, 9.17) is 11.5 Å². The first-order chi connectivity index (χ1) is 10.9. The number of nitrogen functional groups attached to an aromatic ring is 1. The van der Waals surface area contributed by atoms with E-state index in [1.165, 1.54) is 18.3 Å². The highest BCUT2D eigenvalue weighted by Gasteiger charge is 2.19. The summed E-state index contributed by atoms with van der Waals surface area (Å²) in [5.41, 5.74) is 13.5. The van der Waals surface area contributed by atoms with Gasteiger partial charge >= 0.3 is 0 Å². The Balaban J connectivity index is 2.23. The highest BCUT2D eigenvalue weighted by Crippen LogP contribution is 2.32. The molecule has 3 aromatic rings. The Morgan fingerprint density at radius 1 is 1.30 bits per heavy atom. The monoisotopic (exact) mass is 330 g/mol. The summed E-state index contributed by atoms with van der Waals surface area (Å²) in [6.07, 6.45) is 0. The maximum absolute atomic E-state index is 11.5. The number of hydrogen-bond acceptors (Lipinski definition) is 6. The lowest BCUT2D eigenvalue weighted by Crippen LogP contribution is -2.11. The largest absolute Gasteiger partial charge is 0.369 e. The predicted molar refractivity (Wildman–Crippen MR) is 88.7 cm³/mol. The van der Waals surface area contributed by atoms with Crippen LogP contribution in [0.25, 0.3) is 16.0 Å². The number of nitrogens with two attached hydrogens (primary N) is 2. The van der Waals surface area contributed by atoms with E-state index in [2.05, 4.69) is 15.3 Å². The van der Waals surface area contributed by atoms with Gasteiger partial charge in [-0.05, 0) is 19.1 Å². The predicted octanol–water partition coefficient (Wildman–Crippen LogP) is 1.43. The number of imidazole rings is 1. The van der Waals surface area contributed by atoms with Gasteiger partial charge in [0.15, 0.2) is 5.13 Å². The molecule has 23 heavy (non-hydrogen) atoms. The van der Waals surface area contributed by atoms with E-state index >= 15 is 0 Å². The maximum atomic E-state index is 11.5. The zero-order chi connectivity index (χ0) is 16.7. The number of para-hydroxylation sites is 1. The molecule has 0 fully saturated rings. The normalized spacial score (nSPS) is 10.9. The molecule has 0 saturated heterocycles. The molecule has 1 aromatic carbocycles. The summed E-state index contributed by atoms with van der Waals surface area (Å²) < 4.78 is 1.69. The molecular formula is C14H14N6O2S. The average molecular weight is 330 g/mol. The first-order valence-electron chi connectivity index (χ1n) is 6.70. The Kier molecular flexibility index (Phi) is 3.49. The minimum Gasteiger partial charge on any atom is -0.369 e. The van der Waals surface area contributed by atoms with Crippen molar-refractivity contribution >= 4 is 45.3 Å². The van der Waals surface area contributed by atoms with Gasteiger partial charge < -0.3 is 16.8 Å². The third-order valence-corrected chi connectivity index (χ3v) is 4.29. The number of nitrogens with one attached hydrogen (secondary N) is 1. The molecule has 118 valence electrons. The molecule has 9 heteroatoms. The van der Waals surface area contributed by atoms with E-state index in [0.717, 1.165) is 5.00 Å². The summed E-state index contributed by atoms with van der Waals surface area (Å²) in [5, 5.41) is 3.83. The number of anilines is 2. The minimum absolute atomic E-state index is 0.204. The lowest BCUT2D eigenvalue weighted by molar-refractivity contribution is -0.114. The molecule has 2 aromatic heterocycles. The zero-order valence-corrected chi connectivity index (χ0v) is 13.3. The number of carbonyl (C=O) groups excluding carboxylic acids is 2. The van der Waals surface area contributed by atoms with Crippen molar-refractivity contribution in [2.45, 2.75) is 13.8 Å². The topological polar surface area (TPSA) is 129 Å². The third kappa shape index (κ3) is 2.50. The number of rotatable bonds is 3. The van der Waals surface area contributed by atoms with Crippen molar-refractivity contribution in [2.75, 3.05) is 11.1 Å². The highest BCUT2D eigenvalue weighted by atomic mass is 32.1. The molecule has 0 aliphatic carbocycles. The van der Waals surface area contributed by atoms with Crippen LogP contribution in [0.3, 0.4) is 0 Å². The second-order valence-corrected chi connectivity index (χ2v) is 5.91. The molecule has 2 heterocycles. The average Bonchev–Trinajstić information content (AvgIpc) is 2.96. The second-order valence-electron chi connectivity index (χ2n) is 4.93. The molecule has 2 amide bonds. The van der Waals surface area contributed by atoms with Gasteiger partial charge in [0, 0.05) is 6.92 Å². The van der Waals surface area contributed by atoms with E-state index in [1.54, 1.807) is 29.7 Å². The summed E-state index contributed by atoms with van der Waals surface area (Å²) in [5.74, 6) is -0.556. The molecule has 0 atom stereocenters. The first kappa shape index (κ1) is 15.0. The highest BCUT2D eigenvalue weighted by molar-refractivity contribution is 7.18. The SMILES string of the molecule is CC(=O)Nc1nc(C)c(-n2c(N)nc3c(C(N)=O)cccc32)s1. The number of thiazole rings is 1. The number of nitrogens with zero attached hydrogens (tertiary/aromatic N) is 3. The fourth-order valence-electron chi connectivity index (χ4n) is 2.33. The van der Waals surface area contributed by atoms with E-state index in [0.29, 0.717) is 27.4 Å². The van der Waals surface area contributed by atoms with Crippen molar-refractivity contribution < 1.29 is 9.59 Å². The van der Waals surface area contributed by atoms with Crippen molar-refractivity contribution in [1.29, 1.82) is 0 Å². The van der Waals surface area contributed by atoms with Crippen LogP contribution < -0.4 is 16.8 Å². The number of aryl methyl sites for hydroxylation is 1. The van der Waals surface area contributed by atoms with E-state index in [1.807, 2.05) is 0 Å². The Labute approximate surface area is 135 Å². The summed E-state index contributed by atoms with van der Waals surface area (Å²) in [7, 11) is 0. The van der Waals surface area contributed by atoms with Gasteiger partial charge in [-0.25, -0.2) is 9.97 Å². The number of amides is 2. The van der Waals surface area contributed by atoms with E-state index in [9.17, 15) is 9.59 Å². The van der Waals surface area contributed by atoms with Crippen LogP contribution in [0.1, 0.15) is 23.0 Å². The molecule has 0 radical (unpaired) electrons. The number of primary amides is 1. The second kappa shape index (κ2) is 5.36. The van der Waals surface area contributed by atoms with Crippen LogP contribution >= 0.6 is 11.3 Å². The van der Waals surface area contributed by atoms with Crippen LogP contribution in [0.15, 0.2) is 18.2 Å². The fraction of sp³-hybridized carbons (Fsp3) is 0.143. The van der Waals surface area contributed by atoms with Gasteiger partial charge in [-0.1, -0.05) is 17.4 Å². The molecule has 5 N–H and O–H groups in total. The van der Waals surface area contributed by atoms with E-state index < -0.39 is 5.91 Å². The van der Waals surface area contributed by atoms with Gasteiger partial charge in [-0.3, -0.25) is 14.2 Å². The molecule has 0 saturated carbocycles. The number of aromatic nitrogens is 3. The lowest BCUT2D eigenvalue weighted by Gasteiger charge is -2.04. The molecule has 0 unspecified atom stereocenters. The maximum Gasteiger partial charge on any atom is 0.250 e. The molecule has 0 bridgehead atoms. The Morgan fingerprint density at radius 3 is 2.70 bits per heavy atom. The van der Waals surface area contributed by atoms with Crippen molar-refractivity contribution in [3.63, 3.8) is 0 Å². The van der Waals surface area contributed by atoms with Crippen LogP contribution in [-0.2, 0) is 4.79 Å². The lowest BCUT2D eigenvalue weighted by atomic mass is 10.2. The molecule has 0 aliphatic heterocycles. The fourth-order valence-corrected chi connectivity index (χ4v) is 3.37. The standard InChI is InChI=1S/C14H14N6O2S/c1-6-12(23-14(17-6)18-7(2)21)20-9-5-3-4-8(11(15)22)10(9)19-13(20)16/h3-5H,1-2H3,(H2,15,22)(H2,16,19)(H,17,18,21). The van der Waals surface area contributed by atoms with Crippen molar-refractivity contribution in [3.8, 4) is 5.00 Å². The Bertz CT molecular complexity index is 942. The summed E-state index contributed by atoms with van der Waals surface area (Å²) in [6, 6.07) is 5.11. The number of fused-ring (bicyclic) bond motifs is 1. The van der Waals surface area contributed by atoms with Crippen LogP contribution in [0.5, 0.6) is 0 Å². The summed E-state index contributed by atoms with van der Waals surface area (Å²) in [4.78, 5) is 31.3.